The Labute approximate surface area is 105 Å². The Morgan fingerprint density at radius 2 is 1.94 bits per heavy atom. The smallest absolute Gasteiger partial charge is 0.189 e. The first-order valence-electron chi connectivity index (χ1n) is 6.48. The van der Waals surface area contributed by atoms with E-state index in [2.05, 4.69) is 4.98 Å². The van der Waals surface area contributed by atoms with Crippen LogP contribution in [0.2, 0.25) is 0 Å². The van der Waals surface area contributed by atoms with E-state index in [0.717, 1.165) is 18.5 Å². The molecule has 0 atom stereocenters. The van der Waals surface area contributed by atoms with Gasteiger partial charge in [-0.05, 0) is 43.4 Å². The molecule has 1 aromatic carbocycles. The molecule has 94 valence electrons. The van der Waals surface area contributed by atoms with Gasteiger partial charge < -0.3 is 4.98 Å². The van der Waals surface area contributed by atoms with Crippen molar-refractivity contribution in [3.8, 4) is 0 Å². The molecule has 1 fully saturated rings. The van der Waals surface area contributed by atoms with E-state index in [4.69, 9.17) is 0 Å². The second kappa shape index (κ2) is 4.23. The van der Waals surface area contributed by atoms with Gasteiger partial charge in [-0.25, -0.2) is 4.39 Å². The minimum atomic E-state index is -0.292. The van der Waals surface area contributed by atoms with E-state index in [1.165, 1.54) is 25.0 Å². The van der Waals surface area contributed by atoms with E-state index in [1.807, 2.05) is 0 Å². The maximum absolute atomic E-state index is 13.4. The van der Waals surface area contributed by atoms with Crippen molar-refractivity contribution in [1.29, 1.82) is 0 Å². The van der Waals surface area contributed by atoms with Crippen molar-refractivity contribution in [1.82, 2.24) is 4.98 Å². The molecule has 0 aliphatic heterocycles. The lowest BCUT2D eigenvalue weighted by Crippen LogP contribution is -2.09. The number of halogens is 1. The Kier molecular flexibility index (Phi) is 2.69. The quantitative estimate of drug-likeness (QED) is 0.817. The molecule has 1 aliphatic carbocycles. The molecule has 0 unspecified atom stereocenters. The Morgan fingerprint density at radius 1 is 1.22 bits per heavy atom. The fraction of sp³-hybridized carbons (Fsp3) is 0.400. The molecule has 1 heterocycles. The number of pyridine rings is 1. The minimum Gasteiger partial charge on any atom is -0.358 e. The van der Waals surface area contributed by atoms with Gasteiger partial charge in [-0.2, -0.15) is 0 Å². The zero-order valence-electron chi connectivity index (χ0n) is 10.4. The summed E-state index contributed by atoms with van der Waals surface area (Å²) >= 11 is 0. The lowest BCUT2D eigenvalue weighted by molar-refractivity contribution is 0.628. The molecule has 0 amide bonds. The van der Waals surface area contributed by atoms with Crippen molar-refractivity contribution in [2.24, 2.45) is 0 Å². The SMILES string of the molecule is Cc1cc(F)cc2[nH]c(C3CCCC3)cc(=O)c12. The summed E-state index contributed by atoms with van der Waals surface area (Å²) in [6, 6.07) is 4.53. The van der Waals surface area contributed by atoms with Crippen molar-refractivity contribution < 1.29 is 4.39 Å². The number of hydrogen-bond donors (Lipinski definition) is 1. The fourth-order valence-electron chi connectivity index (χ4n) is 3.03. The van der Waals surface area contributed by atoms with Crippen LogP contribution in [0.4, 0.5) is 4.39 Å². The van der Waals surface area contributed by atoms with Gasteiger partial charge in [0.2, 0.25) is 0 Å². The summed E-state index contributed by atoms with van der Waals surface area (Å²) in [5.41, 5.74) is 2.30. The van der Waals surface area contributed by atoms with E-state index in [-0.39, 0.29) is 11.2 Å². The van der Waals surface area contributed by atoms with Gasteiger partial charge in [0.1, 0.15) is 5.82 Å². The van der Waals surface area contributed by atoms with Crippen LogP contribution < -0.4 is 5.43 Å². The molecule has 0 saturated heterocycles. The molecular weight excluding hydrogens is 229 g/mol. The van der Waals surface area contributed by atoms with E-state index in [1.54, 1.807) is 13.0 Å². The Hall–Kier alpha value is -1.64. The van der Waals surface area contributed by atoms with E-state index < -0.39 is 0 Å². The average Bonchev–Trinajstić information content (AvgIpc) is 2.80. The minimum absolute atomic E-state index is 0.00292. The first-order valence-corrected chi connectivity index (χ1v) is 6.48. The van der Waals surface area contributed by atoms with Crippen LogP contribution in [0.1, 0.15) is 42.9 Å². The van der Waals surface area contributed by atoms with Gasteiger partial charge in [-0.1, -0.05) is 12.8 Å². The van der Waals surface area contributed by atoms with Crippen LogP contribution in [0, 0.1) is 12.7 Å². The van der Waals surface area contributed by atoms with Crippen molar-refractivity contribution in [2.75, 3.05) is 0 Å². The number of nitrogens with one attached hydrogen (secondary N) is 1. The number of hydrogen-bond acceptors (Lipinski definition) is 1. The highest BCUT2D eigenvalue weighted by Crippen LogP contribution is 2.33. The fourth-order valence-corrected chi connectivity index (χ4v) is 3.03. The zero-order chi connectivity index (χ0) is 12.7. The summed E-state index contributed by atoms with van der Waals surface area (Å²) in [5.74, 6) is 0.143. The van der Waals surface area contributed by atoms with Crippen LogP contribution in [0.5, 0.6) is 0 Å². The summed E-state index contributed by atoms with van der Waals surface area (Å²) < 4.78 is 13.4. The second-order valence-corrected chi connectivity index (χ2v) is 5.22. The maximum atomic E-state index is 13.4. The third-order valence-electron chi connectivity index (χ3n) is 3.91. The molecule has 2 aromatic rings. The standard InChI is InChI=1S/C15H16FNO/c1-9-6-11(16)7-13-15(9)14(18)8-12(17-13)10-4-2-3-5-10/h6-8,10H,2-5H2,1H3,(H,17,18). The van der Waals surface area contributed by atoms with Gasteiger partial charge in [-0.3, -0.25) is 4.79 Å². The van der Waals surface area contributed by atoms with Crippen molar-refractivity contribution >= 4 is 10.9 Å². The van der Waals surface area contributed by atoms with Gasteiger partial charge in [0.05, 0.1) is 5.52 Å². The summed E-state index contributed by atoms with van der Waals surface area (Å²) in [4.78, 5) is 15.4. The molecule has 1 saturated carbocycles. The van der Waals surface area contributed by atoms with E-state index in [9.17, 15) is 9.18 Å². The summed E-state index contributed by atoms with van der Waals surface area (Å²) in [6.45, 7) is 1.77. The number of rotatable bonds is 1. The predicted molar refractivity (Wildman–Crippen MR) is 70.5 cm³/mol. The van der Waals surface area contributed by atoms with Gasteiger partial charge in [-0.15, -0.1) is 0 Å². The first kappa shape index (κ1) is 11.5. The van der Waals surface area contributed by atoms with Gasteiger partial charge >= 0.3 is 0 Å². The Morgan fingerprint density at radius 3 is 2.67 bits per heavy atom. The summed E-state index contributed by atoms with van der Waals surface area (Å²) in [6.07, 6.45) is 4.67. The van der Waals surface area contributed by atoms with Crippen molar-refractivity contribution in [2.45, 2.75) is 38.5 Å². The monoisotopic (exact) mass is 245 g/mol. The lowest BCUT2D eigenvalue weighted by Gasteiger charge is -2.11. The number of fused-ring (bicyclic) bond motifs is 1. The molecule has 0 spiro atoms. The number of H-pyrrole nitrogens is 1. The molecular formula is C15H16FNO. The normalized spacial score (nSPS) is 16.6. The van der Waals surface area contributed by atoms with Crippen molar-refractivity contribution in [3.05, 3.63) is 45.5 Å². The van der Waals surface area contributed by atoms with Crippen molar-refractivity contribution in [3.63, 3.8) is 0 Å². The molecule has 18 heavy (non-hydrogen) atoms. The number of aromatic nitrogens is 1. The van der Waals surface area contributed by atoms with E-state index in [0.29, 0.717) is 22.4 Å². The first-order chi connectivity index (χ1) is 8.65. The van der Waals surface area contributed by atoms with E-state index >= 15 is 0 Å². The largest absolute Gasteiger partial charge is 0.358 e. The van der Waals surface area contributed by atoms with Crippen LogP contribution in [0.3, 0.4) is 0 Å². The van der Waals surface area contributed by atoms with Crippen LogP contribution in [0.15, 0.2) is 23.0 Å². The summed E-state index contributed by atoms with van der Waals surface area (Å²) in [7, 11) is 0. The molecule has 3 rings (SSSR count). The summed E-state index contributed by atoms with van der Waals surface area (Å²) in [5, 5.41) is 0.609. The Balaban J connectivity index is 2.23. The molecule has 1 aromatic heterocycles. The number of aryl methyl sites for hydroxylation is 1. The van der Waals surface area contributed by atoms with Crippen LogP contribution in [-0.2, 0) is 0 Å². The average molecular weight is 245 g/mol. The van der Waals surface area contributed by atoms with Crippen LogP contribution in [-0.4, -0.2) is 4.98 Å². The highest BCUT2D eigenvalue weighted by Gasteiger charge is 2.19. The topological polar surface area (TPSA) is 32.9 Å². The number of benzene rings is 1. The molecule has 0 bridgehead atoms. The molecule has 1 aliphatic rings. The zero-order valence-corrected chi connectivity index (χ0v) is 10.4. The third-order valence-corrected chi connectivity index (χ3v) is 3.91. The highest BCUT2D eigenvalue weighted by atomic mass is 19.1. The second-order valence-electron chi connectivity index (χ2n) is 5.22. The van der Waals surface area contributed by atoms with Gasteiger partial charge in [0.25, 0.3) is 0 Å². The highest BCUT2D eigenvalue weighted by molar-refractivity contribution is 5.82. The third kappa shape index (κ3) is 1.84. The predicted octanol–water partition coefficient (Wildman–Crippen LogP) is 3.63. The lowest BCUT2D eigenvalue weighted by atomic mass is 10.0. The van der Waals surface area contributed by atoms with Gasteiger partial charge in [0.15, 0.2) is 5.43 Å². The maximum Gasteiger partial charge on any atom is 0.189 e. The van der Waals surface area contributed by atoms with Gasteiger partial charge in [0, 0.05) is 17.1 Å². The molecule has 1 N–H and O–H groups in total. The molecule has 3 heteroatoms. The van der Waals surface area contributed by atoms with Crippen LogP contribution in [0.25, 0.3) is 10.9 Å². The van der Waals surface area contributed by atoms with Crippen LogP contribution >= 0.6 is 0 Å². The molecule has 2 nitrogen and oxygen atoms in total. The molecule has 0 radical (unpaired) electrons. The Bertz CT molecular complexity index is 653. The number of aromatic amines is 1.